The van der Waals surface area contributed by atoms with Gasteiger partial charge in [0.25, 0.3) is 15.7 Å². The van der Waals surface area contributed by atoms with Crippen LogP contribution in [-0.4, -0.2) is 38.0 Å². The molecule has 0 bridgehead atoms. The highest BCUT2D eigenvalue weighted by atomic mass is 35.5. The van der Waals surface area contributed by atoms with Crippen LogP contribution < -0.4 is 10.3 Å². The molecule has 0 saturated carbocycles. The number of rotatable bonds is 11. The number of hydrogen-bond donors (Lipinski definition) is 0. The average Bonchev–Trinajstić information content (AvgIpc) is 2.81. The smallest absolute Gasteiger partial charge is 0.297 e. The van der Waals surface area contributed by atoms with Gasteiger partial charge in [0.2, 0.25) is 0 Å². The molecule has 0 unspecified atom stereocenters. The van der Waals surface area contributed by atoms with Crippen LogP contribution in [0, 0.1) is 6.92 Å². The summed E-state index contributed by atoms with van der Waals surface area (Å²) in [6.45, 7) is 8.17. The summed E-state index contributed by atoms with van der Waals surface area (Å²) < 4.78 is 42.1. The maximum Gasteiger partial charge on any atom is 0.297 e. The van der Waals surface area contributed by atoms with Crippen LogP contribution in [0.25, 0.3) is 0 Å². The quantitative estimate of drug-likeness (QED) is 0.264. The van der Waals surface area contributed by atoms with Gasteiger partial charge >= 0.3 is 0 Å². The van der Waals surface area contributed by atoms with Crippen LogP contribution in [0.15, 0.2) is 64.4 Å². The Morgan fingerprint density at radius 3 is 2.39 bits per heavy atom. The van der Waals surface area contributed by atoms with E-state index in [2.05, 4.69) is 5.10 Å². The van der Waals surface area contributed by atoms with E-state index in [4.69, 9.17) is 25.3 Å². The first kappa shape index (κ1) is 27.9. The van der Waals surface area contributed by atoms with E-state index in [1.165, 1.54) is 23.0 Å². The van der Waals surface area contributed by atoms with Crippen molar-refractivity contribution < 1.29 is 22.1 Å². The van der Waals surface area contributed by atoms with Gasteiger partial charge in [-0.1, -0.05) is 53.6 Å². The van der Waals surface area contributed by atoms with Crippen molar-refractivity contribution in [2.75, 3.05) is 19.8 Å². The van der Waals surface area contributed by atoms with Gasteiger partial charge in [0, 0.05) is 6.42 Å². The Labute approximate surface area is 216 Å². The van der Waals surface area contributed by atoms with Crippen LogP contribution in [0.1, 0.15) is 37.5 Å². The van der Waals surface area contributed by atoms with Crippen molar-refractivity contribution in [1.29, 1.82) is 0 Å². The Morgan fingerprint density at radius 1 is 1.00 bits per heavy atom. The molecular weight excluding hydrogens is 504 g/mol. The average molecular weight is 535 g/mol. The lowest BCUT2D eigenvalue weighted by Crippen LogP contribution is -2.36. The largest absolute Gasteiger partial charge is 0.490 e. The molecule has 194 valence electrons. The van der Waals surface area contributed by atoms with E-state index >= 15 is 0 Å². The van der Waals surface area contributed by atoms with Crippen molar-refractivity contribution in [3.8, 4) is 5.75 Å². The zero-order valence-corrected chi connectivity index (χ0v) is 22.4. The summed E-state index contributed by atoms with van der Waals surface area (Å²) in [5, 5.41) is 4.17. The molecule has 0 aliphatic rings. The maximum atomic E-state index is 12.4. The Morgan fingerprint density at radius 2 is 1.69 bits per heavy atom. The third-order valence-corrected chi connectivity index (χ3v) is 6.88. The van der Waals surface area contributed by atoms with Gasteiger partial charge in [-0.15, -0.1) is 0 Å². The van der Waals surface area contributed by atoms with E-state index in [9.17, 15) is 13.2 Å². The minimum atomic E-state index is -3.81. The highest BCUT2D eigenvalue weighted by Crippen LogP contribution is 2.21. The second-order valence-corrected chi connectivity index (χ2v) is 11.3. The molecule has 8 nitrogen and oxygen atoms in total. The molecule has 0 fully saturated rings. The summed E-state index contributed by atoms with van der Waals surface area (Å²) in [5.41, 5.74) is 2.04. The van der Waals surface area contributed by atoms with Gasteiger partial charge in [-0.2, -0.15) is 13.5 Å². The lowest BCUT2D eigenvalue weighted by molar-refractivity contribution is 0.0907. The molecule has 0 amide bonds. The minimum Gasteiger partial charge on any atom is -0.490 e. The zero-order chi connectivity index (χ0) is 26.3. The summed E-state index contributed by atoms with van der Waals surface area (Å²) >= 11 is 6.20. The van der Waals surface area contributed by atoms with E-state index in [0.29, 0.717) is 19.6 Å². The lowest BCUT2D eigenvalue weighted by atomic mass is 10.1. The molecule has 1 aromatic heterocycles. The van der Waals surface area contributed by atoms with Gasteiger partial charge in [0.05, 0.1) is 43.1 Å². The van der Waals surface area contributed by atoms with Crippen LogP contribution in [0.3, 0.4) is 0 Å². The maximum absolute atomic E-state index is 12.4. The van der Waals surface area contributed by atoms with E-state index in [-0.39, 0.29) is 28.9 Å². The van der Waals surface area contributed by atoms with Gasteiger partial charge < -0.3 is 9.47 Å². The number of ether oxygens (including phenoxy) is 2. The number of aryl methyl sites for hydroxylation is 1. The van der Waals surface area contributed by atoms with E-state index < -0.39 is 21.2 Å². The number of benzene rings is 2. The van der Waals surface area contributed by atoms with Crippen molar-refractivity contribution >= 4 is 21.7 Å². The summed E-state index contributed by atoms with van der Waals surface area (Å²) in [4.78, 5) is 12.6. The van der Waals surface area contributed by atoms with Crippen molar-refractivity contribution in [3.63, 3.8) is 0 Å². The fourth-order valence-electron chi connectivity index (χ4n) is 3.32. The predicted molar refractivity (Wildman–Crippen MR) is 138 cm³/mol. The minimum absolute atomic E-state index is 0.00804. The van der Waals surface area contributed by atoms with E-state index in [0.717, 1.165) is 16.7 Å². The van der Waals surface area contributed by atoms with Gasteiger partial charge in [-0.05, 0) is 51.0 Å². The molecular formula is C26H31ClN2O6S. The third-order valence-electron chi connectivity index (χ3n) is 5.21. The molecule has 0 saturated heterocycles. The molecule has 10 heteroatoms. The Balaban J connectivity index is 1.45. The van der Waals surface area contributed by atoms with Crippen molar-refractivity contribution in [3.05, 3.63) is 86.8 Å². The summed E-state index contributed by atoms with van der Waals surface area (Å²) in [5.74, 6) is 0.252. The van der Waals surface area contributed by atoms with Gasteiger partial charge in [-0.3, -0.25) is 8.98 Å². The number of halogens is 1. The first-order valence-corrected chi connectivity index (χ1v) is 13.3. The molecule has 1 heterocycles. The van der Waals surface area contributed by atoms with Crippen molar-refractivity contribution in [1.82, 2.24) is 9.78 Å². The summed E-state index contributed by atoms with van der Waals surface area (Å²) in [7, 11) is -3.81. The van der Waals surface area contributed by atoms with Crippen LogP contribution in [0.2, 0.25) is 5.02 Å². The molecule has 3 rings (SSSR count). The SMILES string of the molecule is Cc1ccc(S(=O)(=O)OCCOCc2cccc(CCOc3cnn(C(C)(C)C)c(=O)c3Cl)c2)cc1. The molecule has 0 radical (unpaired) electrons. The fourth-order valence-corrected chi connectivity index (χ4v) is 4.39. The second-order valence-electron chi connectivity index (χ2n) is 9.27. The van der Waals surface area contributed by atoms with Crippen LogP contribution in [-0.2, 0) is 37.6 Å². The monoisotopic (exact) mass is 534 g/mol. The normalized spacial score (nSPS) is 12.0. The summed E-state index contributed by atoms with van der Waals surface area (Å²) in [6, 6.07) is 14.2. The van der Waals surface area contributed by atoms with Crippen LogP contribution in [0.4, 0.5) is 0 Å². The number of hydrogen-bond acceptors (Lipinski definition) is 7. The van der Waals surface area contributed by atoms with Gasteiger partial charge in [0.1, 0.15) is 0 Å². The highest BCUT2D eigenvalue weighted by Gasteiger charge is 2.20. The van der Waals surface area contributed by atoms with Crippen LogP contribution >= 0.6 is 11.6 Å². The van der Waals surface area contributed by atoms with Crippen molar-refractivity contribution in [2.45, 2.75) is 51.2 Å². The molecule has 3 aromatic rings. The number of aromatic nitrogens is 2. The Hall–Kier alpha value is -2.72. The molecule has 0 N–H and O–H groups in total. The standard InChI is InChI=1S/C26H31ClN2O6S/c1-19-8-10-22(11-9-19)36(31,32)35-15-14-33-18-21-7-5-6-20(16-21)12-13-34-23-17-28-29(26(2,3)4)25(30)24(23)27/h5-11,16-17H,12-15,18H2,1-4H3. The second kappa shape index (κ2) is 12.0. The summed E-state index contributed by atoms with van der Waals surface area (Å²) in [6.07, 6.45) is 2.05. The first-order chi connectivity index (χ1) is 17.0. The van der Waals surface area contributed by atoms with E-state index in [1.807, 2.05) is 52.0 Å². The molecule has 36 heavy (non-hydrogen) atoms. The molecule has 2 aromatic carbocycles. The third kappa shape index (κ3) is 7.64. The fraction of sp³-hybridized carbons (Fsp3) is 0.385. The molecule has 0 atom stereocenters. The topological polar surface area (TPSA) is 96.7 Å². The lowest BCUT2D eigenvalue weighted by Gasteiger charge is -2.21. The van der Waals surface area contributed by atoms with Crippen molar-refractivity contribution in [2.24, 2.45) is 0 Å². The number of nitrogens with zero attached hydrogens (tertiary/aromatic N) is 2. The Bertz CT molecular complexity index is 1330. The van der Waals surface area contributed by atoms with E-state index in [1.54, 1.807) is 12.1 Å². The Kier molecular flexibility index (Phi) is 9.30. The molecule has 0 aliphatic heterocycles. The zero-order valence-electron chi connectivity index (χ0n) is 20.9. The van der Waals surface area contributed by atoms with Gasteiger partial charge in [-0.25, -0.2) is 4.68 Å². The molecule has 0 aliphatic carbocycles. The highest BCUT2D eigenvalue weighted by molar-refractivity contribution is 7.86. The van der Waals surface area contributed by atoms with Gasteiger partial charge in [0.15, 0.2) is 10.8 Å². The molecule has 0 spiro atoms. The predicted octanol–water partition coefficient (Wildman–Crippen LogP) is 4.50. The first-order valence-electron chi connectivity index (χ1n) is 11.5. The van der Waals surface area contributed by atoms with Crippen LogP contribution in [0.5, 0.6) is 5.75 Å².